The third-order valence-electron chi connectivity index (χ3n) is 5.27. The molecule has 0 unspecified atom stereocenters. The van der Waals surface area contributed by atoms with Crippen LogP contribution < -0.4 is 10.1 Å². The quantitative estimate of drug-likeness (QED) is 0.733. The summed E-state index contributed by atoms with van der Waals surface area (Å²) in [5.41, 5.74) is 2.62. The summed E-state index contributed by atoms with van der Waals surface area (Å²) in [6, 6.07) is 12.5. The molecular formula is C23H28ClN3O3. The number of carbonyl (C=O) groups excluding carboxylic acids is 2. The smallest absolute Gasteiger partial charge is 0.258 e. The fourth-order valence-corrected chi connectivity index (χ4v) is 3.98. The van der Waals surface area contributed by atoms with Crippen molar-refractivity contribution in [1.29, 1.82) is 0 Å². The lowest BCUT2D eigenvalue weighted by atomic mass is 10.1. The average Bonchev–Trinajstić information content (AvgIpc) is 3.22. The molecule has 1 fully saturated rings. The summed E-state index contributed by atoms with van der Waals surface area (Å²) in [6.07, 6.45) is 1.42. The van der Waals surface area contributed by atoms with Crippen molar-refractivity contribution >= 4 is 23.4 Å². The predicted molar refractivity (Wildman–Crippen MR) is 118 cm³/mol. The highest BCUT2D eigenvalue weighted by atomic mass is 35.5. The van der Waals surface area contributed by atoms with E-state index in [-0.39, 0.29) is 11.8 Å². The summed E-state index contributed by atoms with van der Waals surface area (Å²) in [7, 11) is 5.54. The van der Waals surface area contributed by atoms with E-state index in [2.05, 4.69) is 16.3 Å². The maximum absolute atomic E-state index is 13.1. The van der Waals surface area contributed by atoms with Gasteiger partial charge in [-0.25, -0.2) is 0 Å². The van der Waals surface area contributed by atoms with Gasteiger partial charge in [0.1, 0.15) is 11.8 Å². The summed E-state index contributed by atoms with van der Waals surface area (Å²) in [6.45, 7) is 1.76. The van der Waals surface area contributed by atoms with Gasteiger partial charge >= 0.3 is 0 Å². The van der Waals surface area contributed by atoms with E-state index in [1.165, 1.54) is 12.7 Å². The third-order valence-corrected chi connectivity index (χ3v) is 5.50. The minimum Gasteiger partial charge on any atom is -0.496 e. The molecule has 6 nitrogen and oxygen atoms in total. The van der Waals surface area contributed by atoms with Crippen molar-refractivity contribution in [2.45, 2.75) is 32.0 Å². The van der Waals surface area contributed by atoms with Gasteiger partial charge in [0.2, 0.25) is 5.91 Å². The molecular weight excluding hydrogens is 402 g/mol. The molecule has 1 heterocycles. The molecule has 3 rings (SSSR count). The number of ether oxygens (including phenoxy) is 1. The van der Waals surface area contributed by atoms with Crippen molar-refractivity contribution in [2.24, 2.45) is 0 Å². The highest BCUT2D eigenvalue weighted by Gasteiger charge is 2.35. The van der Waals surface area contributed by atoms with E-state index < -0.39 is 6.04 Å². The zero-order valence-electron chi connectivity index (χ0n) is 17.7. The van der Waals surface area contributed by atoms with E-state index in [4.69, 9.17) is 16.3 Å². The molecule has 0 aromatic heterocycles. The Hall–Kier alpha value is -2.57. The summed E-state index contributed by atoms with van der Waals surface area (Å²) < 4.78 is 5.32. The average molecular weight is 430 g/mol. The van der Waals surface area contributed by atoms with Crippen LogP contribution in [0.2, 0.25) is 5.02 Å². The van der Waals surface area contributed by atoms with E-state index in [0.29, 0.717) is 35.8 Å². The van der Waals surface area contributed by atoms with E-state index in [0.717, 1.165) is 18.5 Å². The summed E-state index contributed by atoms with van der Waals surface area (Å²) in [5.74, 6) is 0.0783. The standard InChI is InChI=1S/C23H28ClN3O3/c1-26(2)15-17-8-5-4-7-16(17)14-25-22(28)20-9-6-12-27(20)23(29)19-13-18(24)10-11-21(19)30-3/h4-5,7-8,10-11,13,20H,6,9,12,14-15H2,1-3H3,(H,25,28)/t20-/m1/s1. The Morgan fingerprint density at radius 3 is 2.63 bits per heavy atom. The van der Waals surface area contributed by atoms with E-state index in [1.54, 1.807) is 23.1 Å². The molecule has 0 aliphatic carbocycles. The van der Waals surface area contributed by atoms with Gasteiger partial charge in [-0.2, -0.15) is 0 Å². The fraction of sp³-hybridized carbons (Fsp3) is 0.391. The third kappa shape index (κ3) is 5.12. The predicted octanol–water partition coefficient (Wildman–Crippen LogP) is 3.33. The summed E-state index contributed by atoms with van der Waals surface area (Å²) in [4.78, 5) is 29.8. The second-order valence-corrected chi connectivity index (χ2v) is 8.16. The molecule has 7 heteroatoms. The molecule has 160 valence electrons. The Bertz CT molecular complexity index is 916. The Morgan fingerprint density at radius 1 is 1.20 bits per heavy atom. The van der Waals surface area contributed by atoms with Crippen LogP contribution in [0.4, 0.5) is 0 Å². The normalized spacial score (nSPS) is 16.0. The molecule has 1 N–H and O–H groups in total. The van der Waals surface area contributed by atoms with E-state index >= 15 is 0 Å². The van der Waals surface area contributed by atoms with Gasteiger partial charge in [-0.05, 0) is 56.3 Å². The molecule has 2 aromatic rings. The number of hydrogen-bond acceptors (Lipinski definition) is 4. The SMILES string of the molecule is COc1ccc(Cl)cc1C(=O)N1CCC[C@@H]1C(=O)NCc1ccccc1CN(C)C. The first kappa shape index (κ1) is 22.1. The minimum absolute atomic E-state index is 0.137. The van der Waals surface area contributed by atoms with Crippen molar-refractivity contribution in [3.8, 4) is 5.75 Å². The van der Waals surface area contributed by atoms with Crippen molar-refractivity contribution in [1.82, 2.24) is 15.1 Å². The Kier molecular flexibility index (Phi) is 7.34. The largest absolute Gasteiger partial charge is 0.496 e. The zero-order chi connectivity index (χ0) is 21.7. The van der Waals surface area contributed by atoms with Crippen molar-refractivity contribution in [3.05, 3.63) is 64.2 Å². The van der Waals surface area contributed by atoms with Gasteiger partial charge in [0.05, 0.1) is 12.7 Å². The van der Waals surface area contributed by atoms with Crippen LogP contribution in [0.1, 0.15) is 34.3 Å². The number of methoxy groups -OCH3 is 1. The van der Waals surface area contributed by atoms with Crippen LogP contribution in [-0.4, -0.2) is 55.4 Å². The van der Waals surface area contributed by atoms with Crippen LogP contribution in [0.15, 0.2) is 42.5 Å². The zero-order valence-corrected chi connectivity index (χ0v) is 18.4. The maximum Gasteiger partial charge on any atom is 0.258 e. The summed E-state index contributed by atoms with van der Waals surface area (Å²) >= 11 is 6.08. The highest BCUT2D eigenvalue weighted by Crippen LogP contribution is 2.27. The first-order valence-corrected chi connectivity index (χ1v) is 10.4. The lowest BCUT2D eigenvalue weighted by Crippen LogP contribution is -2.45. The topological polar surface area (TPSA) is 61.9 Å². The molecule has 30 heavy (non-hydrogen) atoms. The number of carbonyl (C=O) groups is 2. The van der Waals surface area contributed by atoms with Gasteiger partial charge in [-0.3, -0.25) is 9.59 Å². The van der Waals surface area contributed by atoms with Crippen LogP contribution >= 0.6 is 11.6 Å². The van der Waals surface area contributed by atoms with Crippen LogP contribution in [0, 0.1) is 0 Å². The van der Waals surface area contributed by atoms with E-state index in [1.807, 2.05) is 32.3 Å². The first-order valence-electron chi connectivity index (χ1n) is 10.0. The number of amides is 2. The van der Waals surface area contributed by atoms with Crippen LogP contribution in [0.25, 0.3) is 0 Å². The van der Waals surface area contributed by atoms with Gasteiger partial charge in [0.15, 0.2) is 0 Å². The fourth-order valence-electron chi connectivity index (χ4n) is 3.81. The highest BCUT2D eigenvalue weighted by molar-refractivity contribution is 6.31. The number of nitrogens with one attached hydrogen (secondary N) is 1. The molecule has 1 saturated heterocycles. The molecule has 0 bridgehead atoms. The molecule has 0 spiro atoms. The van der Waals surface area contributed by atoms with Gasteiger partial charge < -0.3 is 19.9 Å². The van der Waals surface area contributed by atoms with Gasteiger partial charge in [0.25, 0.3) is 5.91 Å². The molecule has 2 amide bonds. The number of benzene rings is 2. The monoisotopic (exact) mass is 429 g/mol. The number of rotatable bonds is 7. The molecule has 0 radical (unpaired) electrons. The van der Waals surface area contributed by atoms with Crippen LogP contribution in [-0.2, 0) is 17.9 Å². The molecule has 1 aliphatic rings. The second-order valence-electron chi connectivity index (χ2n) is 7.73. The second kappa shape index (κ2) is 9.96. The lowest BCUT2D eigenvalue weighted by molar-refractivity contribution is -0.125. The van der Waals surface area contributed by atoms with Crippen molar-refractivity contribution in [2.75, 3.05) is 27.7 Å². The molecule has 2 aromatic carbocycles. The van der Waals surface area contributed by atoms with Crippen molar-refractivity contribution in [3.63, 3.8) is 0 Å². The van der Waals surface area contributed by atoms with Gasteiger partial charge in [0, 0.05) is 24.7 Å². The first-order chi connectivity index (χ1) is 14.4. The molecule has 1 atom stereocenters. The summed E-state index contributed by atoms with van der Waals surface area (Å²) in [5, 5.41) is 3.48. The van der Waals surface area contributed by atoms with Gasteiger partial charge in [-0.1, -0.05) is 35.9 Å². The van der Waals surface area contributed by atoms with E-state index in [9.17, 15) is 9.59 Å². The Balaban J connectivity index is 1.71. The maximum atomic E-state index is 13.1. The molecule has 1 aliphatic heterocycles. The number of hydrogen-bond donors (Lipinski definition) is 1. The van der Waals surface area contributed by atoms with Gasteiger partial charge in [-0.15, -0.1) is 0 Å². The number of likely N-dealkylation sites (tertiary alicyclic amines) is 1. The van der Waals surface area contributed by atoms with Crippen LogP contribution in [0.3, 0.4) is 0 Å². The Labute approximate surface area is 182 Å². The lowest BCUT2D eigenvalue weighted by Gasteiger charge is -2.25. The minimum atomic E-state index is -0.498. The van der Waals surface area contributed by atoms with Crippen molar-refractivity contribution < 1.29 is 14.3 Å². The van der Waals surface area contributed by atoms with Crippen LogP contribution in [0.5, 0.6) is 5.75 Å². The number of halogens is 1. The molecule has 0 saturated carbocycles. The number of nitrogens with zero attached hydrogens (tertiary/aromatic N) is 2. The Morgan fingerprint density at radius 2 is 1.93 bits per heavy atom.